The summed E-state index contributed by atoms with van der Waals surface area (Å²) >= 11 is 0. The van der Waals surface area contributed by atoms with Crippen molar-refractivity contribution in [3.63, 3.8) is 0 Å². The van der Waals surface area contributed by atoms with Gasteiger partial charge in [0.1, 0.15) is 0 Å². The van der Waals surface area contributed by atoms with Crippen LogP contribution in [0.1, 0.15) is 43.2 Å². The van der Waals surface area contributed by atoms with Gasteiger partial charge in [0.05, 0.1) is 11.7 Å². The number of hydrogen-bond acceptors (Lipinski definition) is 1. The largest absolute Gasteiger partial charge is 0.416 e. The van der Waals surface area contributed by atoms with Crippen LogP contribution in [0.25, 0.3) is 0 Å². The van der Waals surface area contributed by atoms with Crippen molar-refractivity contribution >= 4 is 0 Å². The number of hydrogen-bond donors (Lipinski definition) is 1. The van der Waals surface area contributed by atoms with Crippen molar-refractivity contribution in [3.05, 3.63) is 35.4 Å². The predicted molar refractivity (Wildman–Crippen MR) is 67.7 cm³/mol. The summed E-state index contributed by atoms with van der Waals surface area (Å²) in [4.78, 5) is 0. The van der Waals surface area contributed by atoms with E-state index < -0.39 is 11.7 Å². The van der Waals surface area contributed by atoms with Gasteiger partial charge in [0.15, 0.2) is 0 Å². The summed E-state index contributed by atoms with van der Waals surface area (Å²) in [7, 11) is 0. The first-order chi connectivity index (χ1) is 8.95. The minimum Gasteiger partial charge on any atom is -0.393 e. The molecule has 2 rings (SSSR count). The molecule has 0 aromatic heterocycles. The Labute approximate surface area is 111 Å². The molecule has 1 fully saturated rings. The molecule has 1 aliphatic carbocycles. The molecule has 0 atom stereocenters. The molecule has 0 amide bonds. The highest BCUT2D eigenvalue weighted by molar-refractivity contribution is 5.25. The normalized spacial score (nSPS) is 24.4. The quantitative estimate of drug-likeness (QED) is 0.874. The molecule has 106 valence electrons. The van der Waals surface area contributed by atoms with Crippen molar-refractivity contribution in [2.75, 3.05) is 0 Å². The SMILES string of the molecule is OC1CCC(CCc2cccc(C(F)(F)F)c2)CC1. The first-order valence-electron chi connectivity index (χ1n) is 6.79. The second kappa shape index (κ2) is 5.95. The summed E-state index contributed by atoms with van der Waals surface area (Å²) in [5.74, 6) is 0.540. The lowest BCUT2D eigenvalue weighted by Crippen LogP contribution is -2.18. The van der Waals surface area contributed by atoms with Gasteiger partial charge in [-0.25, -0.2) is 0 Å². The third-order valence-corrected chi connectivity index (χ3v) is 3.91. The number of alkyl halides is 3. The van der Waals surface area contributed by atoms with Gasteiger partial charge >= 0.3 is 6.18 Å². The van der Waals surface area contributed by atoms with E-state index in [1.54, 1.807) is 6.07 Å². The fourth-order valence-electron chi connectivity index (χ4n) is 2.71. The molecule has 0 spiro atoms. The van der Waals surface area contributed by atoms with Crippen molar-refractivity contribution in [1.82, 2.24) is 0 Å². The molecule has 1 nitrogen and oxygen atoms in total. The van der Waals surface area contributed by atoms with Crippen LogP contribution in [0.15, 0.2) is 24.3 Å². The highest BCUT2D eigenvalue weighted by atomic mass is 19.4. The maximum Gasteiger partial charge on any atom is 0.416 e. The van der Waals surface area contributed by atoms with Gasteiger partial charge in [0.2, 0.25) is 0 Å². The minimum atomic E-state index is -4.26. The van der Waals surface area contributed by atoms with E-state index in [-0.39, 0.29) is 6.10 Å². The zero-order chi connectivity index (χ0) is 13.9. The molecular formula is C15H19F3O. The molecule has 1 aromatic rings. The van der Waals surface area contributed by atoms with Crippen molar-refractivity contribution in [2.45, 2.75) is 50.8 Å². The summed E-state index contributed by atoms with van der Waals surface area (Å²) < 4.78 is 37.7. The lowest BCUT2D eigenvalue weighted by atomic mass is 9.84. The van der Waals surface area contributed by atoms with E-state index in [0.29, 0.717) is 12.3 Å². The molecule has 0 aliphatic heterocycles. The highest BCUT2D eigenvalue weighted by Crippen LogP contribution is 2.31. The van der Waals surface area contributed by atoms with Gasteiger partial charge in [0, 0.05) is 0 Å². The predicted octanol–water partition coefficient (Wildman–Crippen LogP) is 4.19. The van der Waals surface area contributed by atoms with Gasteiger partial charge in [-0.2, -0.15) is 13.2 Å². The molecule has 1 aliphatic rings. The lowest BCUT2D eigenvalue weighted by molar-refractivity contribution is -0.137. The number of aliphatic hydroxyl groups excluding tert-OH is 1. The standard InChI is InChI=1S/C15H19F3O/c16-15(17,18)13-3-1-2-12(10-13)5-4-11-6-8-14(19)9-7-11/h1-3,10-11,14,19H,4-9H2. The van der Waals surface area contributed by atoms with E-state index in [9.17, 15) is 18.3 Å². The average Bonchev–Trinajstić information content (AvgIpc) is 2.37. The monoisotopic (exact) mass is 272 g/mol. The number of aliphatic hydroxyl groups is 1. The van der Waals surface area contributed by atoms with Gasteiger partial charge < -0.3 is 5.11 Å². The van der Waals surface area contributed by atoms with Crippen LogP contribution < -0.4 is 0 Å². The van der Waals surface area contributed by atoms with Crippen LogP contribution in [0.2, 0.25) is 0 Å². The number of benzene rings is 1. The van der Waals surface area contributed by atoms with Crippen LogP contribution in [-0.2, 0) is 12.6 Å². The average molecular weight is 272 g/mol. The van der Waals surface area contributed by atoms with Gasteiger partial charge in [-0.3, -0.25) is 0 Å². The van der Waals surface area contributed by atoms with E-state index in [2.05, 4.69) is 0 Å². The smallest absolute Gasteiger partial charge is 0.393 e. The third-order valence-electron chi connectivity index (χ3n) is 3.91. The first kappa shape index (κ1) is 14.4. The van der Waals surface area contributed by atoms with Crippen LogP contribution in [0, 0.1) is 5.92 Å². The van der Waals surface area contributed by atoms with E-state index in [1.165, 1.54) is 12.1 Å². The second-order valence-electron chi connectivity index (χ2n) is 5.41. The number of aryl methyl sites for hydroxylation is 1. The van der Waals surface area contributed by atoms with E-state index >= 15 is 0 Å². The van der Waals surface area contributed by atoms with Crippen molar-refractivity contribution < 1.29 is 18.3 Å². The molecule has 0 radical (unpaired) electrons. The van der Waals surface area contributed by atoms with Crippen molar-refractivity contribution in [2.24, 2.45) is 5.92 Å². The molecule has 1 aromatic carbocycles. The topological polar surface area (TPSA) is 20.2 Å². The Morgan fingerprint density at radius 3 is 2.42 bits per heavy atom. The summed E-state index contributed by atoms with van der Waals surface area (Å²) in [5, 5.41) is 9.41. The van der Waals surface area contributed by atoms with Gasteiger partial charge in [0.25, 0.3) is 0 Å². The third kappa shape index (κ3) is 4.23. The fraction of sp³-hybridized carbons (Fsp3) is 0.600. The van der Waals surface area contributed by atoms with E-state index in [4.69, 9.17) is 0 Å². The maximum atomic E-state index is 12.6. The molecule has 19 heavy (non-hydrogen) atoms. The molecule has 0 heterocycles. The number of rotatable bonds is 3. The summed E-state index contributed by atoms with van der Waals surface area (Å²) in [6.07, 6.45) is 0.787. The summed E-state index contributed by atoms with van der Waals surface area (Å²) in [6.45, 7) is 0. The Balaban J connectivity index is 1.89. The summed E-state index contributed by atoms with van der Waals surface area (Å²) in [5.41, 5.74) is 0.185. The molecule has 0 saturated heterocycles. The van der Waals surface area contributed by atoms with Gasteiger partial charge in [-0.05, 0) is 56.1 Å². The first-order valence-corrected chi connectivity index (χ1v) is 6.79. The Morgan fingerprint density at radius 2 is 1.79 bits per heavy atom. The molecular weight excluding hydrogens is 253 g/mol. The minimum absolute atomic E-state index is 0.176. The van der Waals surface area contributed by atoms with Crippen LogP contribution in [-0.4, -0.2) is 11.2 Å². The Morgan fingerprint density at radius 1 is 1.11 bits per heavy atom. The van der Waals surface area contributed by atoms with Crippen molar-refractivity contribution in [3.8, 4) is 0 Å². The fourth-order valence-corrected chi connectivity index (χ4v) is 2.71. The van der Waals surface area contributed by atoms with Crippen LogP contribution in [0.4, 0.5) is 13.2 Å². The molecule has 0 bridgehead atoms. The van der Waals surface area contributed by atoms with Crippen LogP contribution in [0.5, 0.6) is 0 Å². The van der Waals surface area contributed by atoms with Gasteiger partial charge in [-0.15, -0.1) is 0 Å². The Kier molecular flexibility index (Phi) is 4.50. The highest BCUT2D eigenvalue weighted by Gasteiger charge is 2.30. The molecule has 1 saturated carbocycles. The Hall–Kier alpha value is -1.03. The van der Waals surface area contributed by atoms with E-state index in [1.807, 2.05) is 0 Å². The van der Waals surface area contributed by atoms with Crippen LogP contribution >= 0.6 is 0 Å². The Bertz CT molecular complexity index is 406. The van der Waals surface area contributed by atoms with Gasteiger partial charge in [-0.1, -0.05) is 18.2 Å². The lowest BCUT2D eigenvalue weighted by Gasteiger charge is -2.25. The maximum absolute atomic E-state index is 12.6. The van der Waals surface area contributed by atoms with Crippen LogP contribution in [0.3, 0.4) is 0 Å². The van der Waals surface area contributed by atoms with Crippen molar-refractivity contribution in [1.29, 1.82) is 0 Å². The molecule has 1 N–H and O–H groups in total. The zero-order valence-corrected chi connectivity index (χ0v) is 10.8. The van der Waals surface area contributed by atoms with E-state index in [0.717, 1.165) is 43.7 Å². The number of halogens is 3. The second-order valence-corrected chi connectivity index (χ2v) is 5.41. The zero-order valence-electron chi connectivity index (χ0n) is 10.8. The molecule has 4 heteroatoms. The molecule has 0 unspecified atom stereocenters. The summed E-state index contributed by atoms with van der Waals surface area (Å²) in [6, 6.07) is 5.59.